The lowest BCUT2D eigenvalue weighted by Gasteiger charge is -2.11. The van der Waals surface area contributed by atoms with Gasteiger partial charge in [-0.25, -0.2) is 10.1 Å². The number of nitrogen functional groups attached to an aromatic ring is 1. The summed E-state index contributed by atoms with van der Waals surface area (Å²) in [5.41, 5.74) is 13.3. The Morgan fingerprint density at radius 1 is 0.969 bits per heavy atom. The Hall–Kier alpha value is -4.00. The van der Waals surface area contributed by atoms with Gasteiger partial charge in [-0.05, 0) is 51.7 Å². The molecule has 7 nitrogen and oxygen atoms in total. The highest BCUT2D eigenvalue weighted by Crippen LogP contribution is 2.30. The van der Waals surface area contributed by atoms with Crippen LogP contribution in [0.4, 0.5) is 5.69 Å². The summed E-state index contributed by atoms with van der Waals surface area (Å²) in [4.78, 5) is 4.88. The first-order valence-corrected chi connectivity index (χ1v) is 10.9. The van der Waals surface area contributed by atoms with Gasteiger partial charge in [-0.3, -0.25) is 0 Å². The molecule has 0 radical (unpaired) electrons. The minimum Gasteiger partial charge on any atom is -0.399 e. The molecule has 5 aromatic rings. The predicted molar refractivity (Wildman–Crippen MR) is 127 cm³/mol. The Morgan fingerprint density at radius 3 is 2.53 bits per heavy atom. The third-order valence-electron chi connectivity index (χ3n) is 5.74. The van der Waals surface area contributed by atoms with Crippen LogP contribution in [-0.2, 0) is 13.0 Å². The normalized spacial score (nSPS) is 11.3. The summed E-state index contributed by atoms with van der Waals surface area (Å²) in [5.74, 6) is 1.77. The van der Waals surface area contributed by atoms with E-state index < -0.39 is 0 Å². The molecule has 0 saturated carbocycles. The summed E-state index contributed by atoms with van der Waals surface area (Å²) in [7, 11) is 0. The van der Waals surface area contributed by atoms with E-state index in [-0.39, 0.29) is 0 Å². The number of aromatic nitrogens is 6. The van der Waals surface area contributed by atoms with Gasteiger partial charge in [0.1, 0.15) is 5.82 Å². The second-order valence-electron chi connectivity index (χ2n) is 7.96. The van der Waals surface area contributed by atoms with Gasteiger partial charge in [-0.1, -0.05) is 61.9 Å². The second kappa shape index (κ2) is 8.63. The van der Waals surface area contributed by atoms with Gasteiger partial charge in [0.2, 0.25) is 0 Å². The van der Waals surface area contributed by atoms with E-state index in [0.29, 0.717) is 5.82 Å². The molecule has 160 valence electrons. The zero-order chi connectivity index (χ0) is 21.9. The van der Waals surface area contributed by atoms with Crippen molar-refractivity contribution in [1.82, 2.24) is 30.2 Å². The number of rotatable bonds is 7. The van der Waals surface area contributed by atoms with Crippen LogP contribution in [0.25, 0.3) is 33.5 Å². The maximum Gasteiger partial charge on any atom is 0.180 e. The number of hydrogen-bond donors (Lipinski definition) is 2. The number of H-pyrrole nitrogens is 1. The molecule has 2 heterocycles. The zero-order valence-corrected chi connectivity index (χ0v) is 18.0. The summed E-state index contributed by atoms with van der Waals surface area (Å²) >= 11 is 0. The number of aryl methyl sites for hydroxylation is 1. The second-order valence-corrected chi connectivity index (χ2v) is 7.96. The number of tetrazole rings is 1. The fourth-order valence-electron chi connectivity index (χ4n) is 4.08. The van der Waals surface area contributed by atoms with E-state index in [4.69, 9.17) is 10.7 Å². The molecule has 32 heavy (non-hydrogen) atoms. The van der Waals surface area contributed by atoms with E-state index in [1.165, 1.54) is 5.56 Å². The third kappa shape index (κ3) is 3.85. The van der Waals surface area contributed by atoms with Crippen LogP contribution in [0.15, 0.2) is 66.7 Å². The van der Waals surface area contributed by atoms with Crippen molar-refractivity contribution in [2.24, 2.45) is 0 Å². The van der Waals surface area contributed by atoms with Gasteiger partial charge in [0.25, 0.3) is 0 Å². The maximum atomic E-state index is 6.08. The highest BCUT2D eigenvalue weighted by Gasteiger charge is 2.13. The Labute approximate surface area is 186 Å². The number of hydrogen-bond acceptors (Lipinski definition) is 5. The first-order chi connectivity index (χ1) is 15.7. The van der Waals surface area contributed by atoms with Crippen molar-refractivity contribution in [3.63, 3.8) is 0 Å². The molecule has 0 unspecified atom stereocenters. The molecule has 0 atom stereocenters. The van der Waals surface area contributed by atoms with Gasteiger partial charge in [0.15, 0.2) is 5.82 Å². The Morgan fingerprint density at radius 2 is 1.78 bits per heavy atom. The molecule has 0 bridgehead atoms. The lowest BCUT2D eigenvalue weighted by molar-refractivity contribution is 0.690. The van der Waals surface area contributed by atoms with E-state index in [1.807, 2.05) is 36.4 Å². The van der Waals surface area contributed by atoms with Crippen molar-refractivity contribution in [2.75, 3.05) is 5.73 Å². The summed E-state index contributed by atoms with van der Waals surface area (Å²) in [5, 5.41) is 14.4. The SMILES string of the molecule is CCCCc1nc2ccc(N)cc2n1Cc1ccc(-c2ccccc2-c2nnn[nH]2)cc1. The summed E-state index contributed by atoms with van der Waals surface area (Å²) in [6, 6.07) is 22.7. The minimum atomic E-state index is 0.660. The van der Waals surface area contributed by atoms with Crippen molar-refractivity contribution in [3.05, 3.63) is 78.1 Å². The Kier molecular flexibility index (Phi) is 5.37. The van der Waals surface area contributed by atoms with Crippen LogP contribution in [0, 0.1) is 0 Å². The lowest BCUT2D eigenvalue weighted by Crippen LogP contribution is -2.05. The third-order valence-corrected chi connectivity index (χ3v) is 5.74. The topological polar surface area (TPSA) is 98.3 Å². The van der Waals surface area contributed by atoms with Crippen LogP contribution in [0.1, 0.15) is 31.2 Å². The number of unbranched alkanes of at least 4 members (excludes halogenated alkanes) is 1. The van der Waals surface area contributed by atoms with Gasteiger partial charge in [-0.2, -0.15) is 0 Å². The van der Waals surface area contributed by atoms with Crippen LogP contribution < -0.4 is 5.73 Å². The number of anilines is 1. The largest absolute Gasteiger partial charge is 0.399 e. The van der Waals surface area contributed by atoms with Crippen LogP contribution in [-0.4, -0.2) is 30.2 Å². The first kappa shape index (κ1) is 19.9. The smallest absolute Gasteiger partial charge is 0.180 e. The van der Waals surface area contributed by atoms with Crippen molar-refractivity contribution < 1.29 is 0 Å². The monoisotopic (exact) mass is 423 g/mol. The van der Waals surface area contributed by atoms with Gasteiger partial charge >= 0.3 is 0 Å². The lowest BCUT2D eigenvalue weighted by atomic mass is 9.98. The van der Waals surface area contributed by atoms with Gasteiger partial charge in [0, 0.05) is 24.2 Å². The molecule has 0 aliphatic carbocycles. The van der Waals surface area contributed by atoms with Crippen LogP contribution in [0.2, 0.25) is 0 Å². The molecule has 0 aliphatic rings. The van der Waals surface area contributed by atoms with Gasteiger partial charge in [-0.15, -0.1) is 5.10 Å². The van der Waals surface area contributed by atoms with E-state index in [1.54, 1.807) is 0 Å². The number of nitrogens with two attached hydrogens (primary N) is 1. The minimum absolute atomic E-state index is 0.660. The molecule has 0 amide bonds. The van der Waals surface area contributed by atoms with Crippen LogP contribution in [0.5, 0.6) is 0 Å². The highest BCUT2D eigenvalue weighted by molar-refractivity contribution is 5.81. The average Bonchev–Trinajstić information content (AvgIpc) is 3.47. The fourth-order valence-corrected chi connectivity index (χ4v) is 4.08. The molecule has 0 spiro atoms. The Bertz CT molecular complexity index is 1340. The molecule has 0 fully saturated rings. The maximum absolute atomic E-state index is 6.08. The van der Waals surface area contributed by atoms with Gasteiger partial charge < -0.3 is 10.3 Å². The average molecular weight is 424 g/mol. The van der Waals surface area contributed by atoms with E-state index in [0.717, 1.165) is 65.0 Å². The number of aromatic amines is 1. The number of nitrogens with zero attached hydrogens (tertiary/aromatic N) is 5. The van der Waals surface area contributed by atoms with E-state index in [2.05, 4.69) is 62.4 Å². The number of imidazole rings is 1. The van der Waals surface area contributed by atoms with Crippen LogP contribution >= 0.6 is 0 Å². The molecule has 2 aromatic heterocycles. The fraction of sp³-hybridized carbons (Fsp3) is 0.200. The molecule has 7 heteroatoms. The first-order valence-electron chi connectivity index (χ1n) is 10.9. The molecular weight excluding hydrogens is 398 g/mol. The molecule has 0 aliphatic heterocycles. The zero-order valence-electron chi connectivity index (χ0n) is 18.0. The highest BCUT2D eigenvalue weighted by atomic mass is 15.5. The van der Waals surface area contributed by atoms with Crippen molar-refractivity contribution in [1.29, 1.82) is 0 Å². The summed E-state index contributed by atoms with van der Waals surface area (Å²) in [6.45, 7) is 2.96. The van der Waals surface area contributed by atoms with E-state index >= 15 is 0 Å². The summed E-state index contributed by atoms with van der Waals surface area (Å²) in [6.07, 6.45) is 3.22. The van der Waals surface area contributed by atoms with Gasteiger partial charge in [0.05, 0.1) is 11.0 Å². The standard InChI is InChI=1S/C25H25N7/c1-2-3-8-24-27-22-14-13-19(26)15-23(22)32(24)16-17-9-11-18(12-10-17)20-6-4-5-7-21(20)25-28-30-31-29-25/h4-7,9-15H,2-3,8,16,26H2,1H3,(H,28,29,30,31). The number of benzene rings is 3. The molecular formula is C25H25N7. The number of nitrogens with one attached hydrogen (secondary N) is 1. The molecule has 5 rings (SSSR count). The summed E-state index contributed by atoms with van der Waals surface area (Å²) < 4.78 is 2.30. The molecule has 3 aromatic carbocycles. The molecule has 3 N–H and O–H groups in total. The molecule has 0 saturated heterocycles. The quantitative estimate of drug-likeness (QED) is 0.364. The van der Waals surface area contributed by atoms with E-state index in [9.17, 15) is 0 Å². The van der Waals surface area contributed by atoms with Crippen molar-refractivity contribution in [3.8, 4) is 22.5 Å². The number of fused-ring (bicyclic) bond motifs is 1. The Balaban J connectivity index is 1.48. The van der Waals surface area contributed by atoms with Crippen molar-refractivity contribution >= 4 is 16.7 Å². The van der Waals surface area contributed by atoms with Crippen molar-refractivity contribution in [2.45, 2.75) is 32.7 Å². The van der Waals surface area contributed by atoms with Crippen LogP contribution in [0.3, 0.4) is 0 Å². The predicted octanol–water partition coefficient (Wildman–Crippen LogP) is 4.86.